The van der Waals surface area contributed by atoms with E-state index in [4.69, 9.17) is 9.15 Å². The number of furan rings is 1. The van der Waals surface area contributed by atoms with Crippen molar-refractivity contribution >= 4 is 11.8 Å². The molecule has 0 radical (unpaired) electrons. The summed E-state index contributed by atoms with van der Waals surface area (Å²) in [6.45, 7) is 5.10. The molecule has 0 spiro atoms. The second kappa shape index (κ2) is 6.35. The third kappa shape index (κ3) is 3.75. The summed E-state index contributed by atoms with van der Waals surface area (Å²) >= 11 is 0. The van der Waals surface area contributed by atoms with Gasteiger partial charge in [0.05, 0.1) is 36.5 Å². The third-order valence-corrected chi connectivity index (χ3v) is 4.77. The van der Waals surface area contributed by atoms with E-state index < -0.39 is 0 Å². The predicted molar refractivity (Wildman–Crippen MR) is 83.6 cm³/mol. The molecule has 2 amide bonds. The topological polar surface area (TPSA) is 80.6 Å². The van der Waals surface area contributed by atoms with Crippen molar-refractivity contribution in [2.45, 2.75) is 44.8 Å². The zero-order valence-electron chi connectivity index (χ0n) is 13.6. The summed E-state index contributed by atoms with van der Waals surface area (Å²) in [5.41, 5.74) is 0.588. The Labute approximate surface area is 135 Å². The summed E-state index contributed by atoms with van der Waals surface area (Å²) < 4.78 is 10.5. The summed E-state index contributed by atoms with van der Waals surface area (Å²) in [6, 6.07) is 1.77. The van der Waals surface area contributed by atoms with Gasteiger partial charge in [-0.25, -0.2) is 0 Å². The average Bonchev–Trinajstić information content (AvgIpc) is 3.34. The fourth-order valence-corrected chi connectivity index (χ4v) is 3.01. The molecule has 1 aromatic heterocycles. The van der Waals surface area contributed by atoms with Crippen molar-refractivity contribution in [2.24, 2.45) is 11.8 Å². The molecule has 3 unspecified atom stereocenters. The molecule has 126 valence electrons. The lowest BCUT2D eigenvalue weighted by molar-refractivity contribution is -0.125. The van der Waals surface area contributed by atoms with E-state index in [0.29, 0.717) is 19.6 Å². The number of amides is 2. The molecule has 2 N–H and O–H groups in total. The molecule has 0 aromatic carbocycles. The van der Waals surface area contributed by atoms with Gasteiger partial charge in [-0.3, -0.25) is 9.59 Å². The van der Waals surface area contributed by atoms with Gasteiger partial charge in [-0.15, -0.1) is 0 Å². The Morgan fingerprint density at radius 1 is 1.43 bits per heavy atom. The van der Waals surface area contributed by atoms with E-state index in [0.717, 1.165) is 18.4 Å². The molecule has 0 saturated heterocycles. The Morgan fingerprint density at radius 2 is 2.22 bits per heavy atom. The van der Waals surface area contributed by atoms with Gasteiger partial charge >= 0.3 is 0 Å². The van der Waals surface area contributed by atoms with Gasteiger partial charge < -0.3 is 19.8 Å². The van der Waals surface area contributed by atoms with E-state index in [1.165, 1.54) is 0 Å². The Bertz CT molecular complexity index is 565. The fourth-order valence-electron chi connectivity index (χ4n) is 3.01. The van der Waals surface area contributed by atoms with Crippen LogP contribution in [0.15, 0.2) is 23.0 Å². The van der Waals surface area contributed by atoms with Gasteiger partial charge in [0.1, 0.15) is 0 Å². The Balaban J connectivity index is 1.43. The van der Waals surface area contributed by atoms with Gasteiger partial charge in [-0.1, -0.05) is 6.92 Å². The molecule has 2 saturated carbocycles. The molecule has 3 atom stereocenters. The van der Waals surface area contributed by atoms with Gasteiger partial charge in [0.25, 0.3) is 0 Å². The second-order valence-corrected chi connectivity index (χ2v) is 6.66. The van der Waals surface area contributed by atoms with Gasteiger partial charge in [-0.2, -0.15) is 0 Å². The first-order chi connectivity index (χ1) is 11.0. The zero-order valence-corrected chi connectivity index (χ0v) is 13.6. The first-order valence-corrected chi connectivity index (χ1v) is 8.26. The molecular formula is C17H24N2O4. The fraction of sp³-hybridized carbons (Fsp3) is 0.647. The molecular weight excluding hydrogens is 296 g/mol. The number of carbonyl (C=O) groups is 2. The largest absolute Gasteiger partial charge is 0.472 e. The van der Waals surface area contributed by atoms with Crippen LogP contribution < -0.4 is 10.6 Å². The van der Waals surface area contributed by atoms with Crippen LogP contribution in [0.3, 0.4) is 0 Å². The third-order valence-electron chi connectivity index (χ3n) is 4.77. The van der Waals surface area contributed by atoms with Crippen molar-refractivity contribution < 1.29 is 18.7 Å². The quantitative estimate of drug-likeness (QED) is 0.755. The predicted octanol–water partition coefficient (Wildman–Crippen LogP) is 1.26. The first-order valence-electron chi connectivity index (χ1n) is 8.26. The maximum Gasteiger partial charge on any atom is 0.226 e. The van der Waals surface area contributed by atoms with Crippen LogP contribution in [0.25, 0.3) is 0 Å². The van der Waals surface area contributed by atoms with Crippen LogP contribution >= 0.6 is 0 Å². The van der Waals surface area contributed by atoms with Crippen LogP contribution in [0.5, 0.6) is 0 Å². The summed E-state index contributed by atoms with van der Waals surface area (Å²) in [7, 11) is 0. The number of ether oxygens (including phenoxy) is 1. The first kappa shape index (κ1) is 16.1. The number of carbonyl (C=O) groups excluding carboxylic acids is 2. The standard InChI is InChI=1S/C17H24N2O4/c1-3-23-15-11(2)14(15)16(21)19-17(5-6-17)10-18-13(20)8-12-4-7-22-9-12/h4,7,9,11,14-15H,3,5-6,8,10H2,1-2H3,(H,18,20)(H,19,21). The highest BCUT2D eigenvalue weighted by Gasteiger charge is 2.55. The smallest absolute Gasteiger partial charge is 0.226 e. The normalized spacial score (nSPS) is 27.3. The van der Waals surface area contributed by atoms with E-state index in [2.05, 4.69) is 10.6 Å². The maximum absolute atomic E-state index is 12.3. The second-order valence-electron chi connectivity index (χ2n) is 6.66. The highest BCUT2D eigenvalue weighted by atomic mass is 16.5. The minimum Gasteiger partial charge on any atom is -0.472 e. The Hall–Kier alpha value is -1.82. The van der Waals surface area contributed by atoms with Gasteiger partial charge in [0, 0.05) is 13.2 Å². The van der Waals surface area contributed by atoms with Crippen LogP contribution in [0.1, 0.15) is 32.3 Å². The molecule has 3 rings (SSSR count). The van der Waals surface area contributed by atoms with Crippen molar-refractivity contribution in [3.05, 3.63) is 24.2 Å². The number of nitrogens with one attached hydrogen (secondary N) is 2. The molecule has 0 bridgehead atoms. The lowest BCUT2D eigenvalue weighted by Gasteiger charge is -2.18. The molecule has 2 fully saturated rings. The summed E-state index contributed by atoms with van der Waals surface area (Å²) in [5, 5.41) is 6.02. The maximum atomic E-state index is 12.3. The van der Waals surface area contributed by atoms with Crippen molar-refractivity contribution in [1.29, 1.82) is 0 Å². The molecule has 0 aliphatic heterocycles. The highest BCUT2D eigenvalue weighted by Crippen LogP contribution is 2.43. The molecule has 2 aliphatic carbocycles. The van der Waals surface area contributed by atoms with Gasteiger partial charge in [-0.05, 0) is 37.3 Å². The highest BCUT2D eigenvalue weighted by molar-refractivity contribution is 5.84. The number of rotatable bonds is 8. The molecule has 23 heavy (non-hydrogen) atoms. The van der Waals surface area contributed by atoms with E-state index in [9.17, 15) is 9.59 Å². The van der Waals surface area contributed by atoms with Crippen molar-refractivity contribution in [2.75, 3.05) is 13.2 Å². The van der Waals surface area contributed by atoms with E-state index >= 15 is 0 Å². The number of hydrogen-bond acceptors (Lipinski definition) is 4. The summed E-state index contributed by atoms with van der Waals surface area (Å²) in [5.74, 6) is 0.229. The molecule has 6 nitrogen and oxygen atoms in total. The lowest BCUT2D eigenvalue weighted by atomic mass is 10.2. The van der Waals surface area contributed by atoms with E-state index in [1.54, 1.807) is 18.6 Å². The summed E-state index contributed by atoms with van der Waals surface area (Å²) in [6.07, 6.45) is 5.28. The van der Waals surface area contributed by atoms with Crippen LogP contribution in [0.4, 0.5) is 0 Å². The molecule has 1 heterocycles. The summed E-state index contributed by atoms with van der Waals surface area (Å²) in [4.78, 5) is 24.3. The molecule has 1 aromatic rings. The van der Waals surface area contributed by atoms with Crippen LogP contribution in [-0.4, -0.2) is 36.6 Å². The minimum absolute atomic E-state index is 0.0472. The monoisotopic (exact) mass is 320 g/mol. The van der Waals surface area contributed by atoms with Crippen LogP contribution in [-0.2, 0) is 20.7 Å². The average molecular weight is 320 g/mol. The van der Waals surface area contributed by atoms with Crippen molar-refractivity contribution in [1.82, 2.24) is 10.6 Å². The van der Waals surface area contributed by atoms with Crippen LogP contribution in [0, 0.1) is 11.8 Å². The Morgan fingerprint density at radius 3 is 2.83 bits per heavy atom. The number of hydrogen-bond donors (Lipinski definition) is 2. The SMILES string of the molecule is CCOC1C(C)C1C(=O)NC1(CNC(=O)Cc2ccoc2)CC1. The van der Waals surface area contributed by atoms with Crippen molar-refractivity contribution in [3.8, 4) is 0 Å². The molecule has 6 heteroatoms. The van der Waals surface area contributed by atoms with Crippen molar-refractivity contribution in [3.63, 3.8) is 0 Å². The van der Waals surface area contributed by atoms with E-state index in [1.807, 2.05) is 13.8 Å². The Kier molecular flexibility index (Phi) is 4.43. The van der Waals surface area contributed by atoms with Gasteiger partial charge in [0.2, 0.25) is 11.8 Å². The zero-order chi connectivity index (χ0) is 16.4. The van der Waals surface area contributed by atoms with Gasteiger partial charge in [0.15, 0.2) is 0 Å². The van der Waals surface area contributed by atoms with E-state index in [-0.39, 0.29) is 35.3 Å². The molecule has 2 aliphatic rings. The van der Waals surface area contributed by atoms with Crippen LogP contribution in [0.2, 0.25) is 0 Å². The minimum atomic E-state index is -0.262. The lowest BCUT2D eigenvalue weighted by Crippen LogP contribution is -2.47.